The minimum Gasteiger partial charge on any atom is -0.388 e. The van der Waals surface area contributed by atoms with Crippen LogP contribution in [0.15, 0.2) is 65.8 Å². The van der Waals surface area contributed by atoms with Crippen LogP contribution in [0.4, 0.5) is 11.6 Å². The number of aliphatic hydroxyl groups is 1. The first-order valence-electron chi connectivity index (χ1n) is 10.9. The van der Waals surface area contributed by atoms with Crippen molar-refractivity contribution in [3.63, 3.8) is 0 Å². The third-order valence-electron chi connectivity index (χ3n) is 5.81. The molecule has 4 rings (SSSR count). The Bertz CT molecular complexity index is 1250. The van der Waals surface area contributed by atoms with Gasteiger partial charge in [-0.3, -0.25) is 4.79 Å². The number of sulfonamides is 1. The molecule has 1 aliphatic rings. The second kappa shape index (κ2) is 9.88. The molecule has 1 fully saturated rings. The van der Waals surface area contributed by atoms with Gasteiger partial charge in [0.2, 0.25) is 16.0 Å². The van der Waals surface area contributed by atoms with Crippen molar-refractivity contribution in [1.82, 2.24) is 14.3 Å². The van der Waals surface area contributed by atoms with Crippen LogP contribution in [0.2, 0.25) is 0 Å². The van der Waals surface area contributed by atoms with Gasteiger partial charge >= 0.3 is 0 Å². The number of carbonyl (C=O) groups excluding carboxylic acids is 1. The highest BCUT2D eigenvalue weighted by molar-refractivity contribution is 7.89. The molecular formula is C24H27N5O4S. The summed E-state index contributed by atoms with van der Waals surface area (Å²) in [5.74, 6) is -0.0188. The lowest BCUT2D eigenvalue weighted by molar-refractivity contribution is 0.0903. The molecule has 34 heavy (non-hydrogen) atoms. The molecule has 2 heterocycles. The monoisotopic (exact) mass is 481 g/mol. The Kier molecular flexibility index (Phi) is 6.92. The zero-order valence-electron chi connectivity index (χ0n) is 19.1. The van der Waals surface area contributed by atoms with Gasteiger partial charge in [-0.15, -0.1) is 0 Å². The largest absolute Gasteiger partial charge is 0.388 e. The minimum absolute atomic E-state index is 0.240. The van der Waals surface area contributed by atoms with E-state index in [0.29, 0.717) is 32.1 Å². The summed E-state index contributed by atoms with van der Waals surface area (Å²) in [6.45, 7) is 0.873. The number of ketones is 1. The molecule has 0 spiro atoms. The highest BCUT2D eigenvalue weighted by Crippen LogP contribution is 2.26. The van der Waals surface area contributed by atoms with Crippen LogP contribution < -0.4 is 9.80 Å². The second-order valence-electron chi connectivity index (χ2n) is 8.21. The molecule has 0 bridgehead atoms. The molecule has 3 aromatic rings. The van der Waals surface area contributed by atoms with Gasteiger partial charge in [-0.2, -0.15) is 4.31 Å². The van der Waals surface area contributed by atoms with Crippen molar-refractivity contribution in [1.29, 1.82) is 0 Å². The predicted octanol–water partition coefficient (Wildman–Crippen LogP) is 1.90. The summed E-state index contributed by atoms with van der Waals surface area (Å²) >= 11 is 0. The fourth-order valence-corrected chi connectivity index (χ4v) is 5.20. The first-order chi connectivity index (χ1) is 16.3. The van der Waals surface area contributed by atoms with E-state index in [9.17, 15) is 13.2 Å². The molecule has 0 radical (unpaired) electrons. The van der Waals surface area contributed by atoms with Gasteiger partial charge in [-0.25, -0.2) is 18.4 Å². The van der Waals surface area contributed by atoms with Gasteiger partial charge in [0.1, 0.15) is 6.61 Å². The Balaban J connectivity index is 1.43. The number of benzene rings is 2. The maximum absolute atomic E-state index is 13.2. The van der Waals surface area contributed by atoms with Crippen LogP contribution in [0.5, 0.6) is 0 Å². The van der Waals surface area contributed by atoms with E-state index in [0.717, 1.165) is 16.8 Å². The van der Waals surface area contributed by atoms with Crippen LogP contribution in [-0.2, 0) is 10.0 Å². The summed E-state index contributed by atoms with van der Waals surface area (Å²) in [4.78, 5) is 24.0. The molecule has 0 saturated carbocycles. The number of hydrogen-bond acceptors (Lipinski definition) is 8. The van der Waals surface area contributed by atoms with E-state index in [2.05, 4.69) is 16.0 Å². The van der Waals surface area contributed by atoms with Crippen molar-refractivity contribution < 1.29 is 18.3 Å². The lowest BCUT2D eigenvalue weighted by Gasteiger charge is -2.34. The van der Waals surface area contributed by atoms with Gasteiger partial charge < -0.3 is 14.9 Å². The Morgan fingerprint density at radius 3 is 2.21 bits per heavy atom. The number of nitrogens with zero attached hydrogens (tertiary/aromatic N) is 5. The van der Waals surface area contributed by atoms with Crippen LogP contribution in [-0.4, -0.2) is 80.5 Å². The lowest BCUT2D eigenvalue weighted by atomic mass is 10.1. The smallest absolute Gasteiger partial charge is 0.243 e. The Hall–Kier alpha value is -3.34. The normalized spacial score (nSPS) is 14.7. The summed E-state index contributed by atoms with van der Waals surface area (Å²) in [6, 6.07) is 15.0. The summed E-state index contributed by atoms with van der Waals surface area (Å²) in [7, 11) is 0.336. The molecule has 1 aromatic heterocycles. The number of aromatic nitrogens is 2. The topological polar surface area (TPSA) is 107 Å². The van der Waals surface area contributed by atoms with Gasteiger partial charge in [0.05, 0.1) is 10.5 Å². The zero-order chi connectivity index (χ0) is 24.3. The van der Waals surface area contributed by atoms with Gasteiger partial charge in [-0.05, 0) is 35.4 Å². The molecule has 0 atom stereocenters. The Labute approximate surface area is 199 Å². The van der Waals surface area contributed by atoms with E-state index < -0.39 is 22.4 Å². The number of anilines is 2. The van der Waals surface area contributed by atoms with Crippen molar-refractivity contribution in [2.24, 2.45) is 0 Å². The fraction of sp³-hybridized carbons (Fsp3) is 0.292. The number of hydrogen-bond donors (Lipinski definition) is 1. The zero-order valence-corrected chi connectivity index (χ0v) is 19.9. The van der Waals surface area contributed by atoms with Gasteiger partial charge in [-0.1, -0.05) is 24.3 Å². The second-order valence-corrected chi connectivity index (χ2v) is 10.2. The van der Waals surface area contributed by atoms with Gasteiger partial charge in [0, 0.05) is 58.4 Å². The average Bonchev–Trinajstić information content (AvgIpc) is 2.88. The van der Waals surface area contributed by atoms with Crippen molar-refractivity contribution >= 4 is 27.4 Å². The molecule has 9 nitrogen and oxygen atoms in total. The van der Waals surface area contributed by atoms with E-state index in [-0.39, 0.29) is 10.5 Å². The molecule has 1 N–H and O–H groups in total. The lowest BCUT2D eigenvalue weighted by Crippen LogP contribution is -2.49. The highest BCUT2D eigenvalue weighted by atomic mass is 32.2. The molecule has 0 amide bonds. The van der Waals surface area contributed by atoms with Gasteiger partial charge in [0.15, 0.2) is 5.78 Å². The van der Waals surface area contributed by atoms with Crippen molar-refractivity contribution in [2.45, 2.75) is 4.90 Å². The molecule has 10 heteroatoms. The number of aliphatic hydroxyl groups excluding tert-OH is 1. The molecule has 0 aliphatic carbocycles. The Morgan fingerprint density at radius 2 is 1.62 bits per heavy atom. The van der Waals surface area contributed by atoms with E-state index in [4.69, 9.17) is 5.11 Å². The third kappa shape index (κ3) is 4.93. The molecule has 1 saturated heterocycles. The fourth-order valence-electron chi connectivity index (χ4n) is 3.78. The predicted molar refractivity (Wildman–Crippen MR) is 131 cm³/mol. The van der Waals surface area contributed by atoms with Crippen LogP contribution in [0.1, 0.15) is 10.4 Å². The third-order valence-corrected chi connectivity index (χ3v) is 7.73. The van der Waals surface area contributed by atoms with E-state index in [1.54, 1.807) is 12.1 Å². The summed E-state index contributed by atoms with van der Waals surface area (Å²) in [5, 5.41) is 8.93. The number of rotatable bonds is 7. The standard InChI is InChI=1S/C24H27N5O4S/c1-27(2)21-5-3-4-19(14-21)18-6-8-22(9-7-18)34(32,33)29-12-10-28(11-13-29)24-25-15-20(16-26-24)23(31)17-30/h3-9,14-16,30H,10-13,17H2,1-2H3. The summed E-state index contributed by atoms with van der Waals surface area (Å²) in [5.41, 5.74) is 3.29. The van der Waals surface area contributed by atoms with Crippen LogP contribution in [0.25, 0.3) is 11.1 Å². The minimum atomic E-state index is -3.62. The Morgan fingerprint density at radius 1 is 0.971 bits per heavy atom. The average molecular weight is 482 g/mol. The molecule has 0 unspecified atom stereocenters. The number of Topliss-reactive ketones (excluding diaryl/α,β-unsaturated/α-hetero) is 1. The summed E-state index contributed by atoms with van der Waals surface area (Å²) < 4.78 is 27.8. The maximum atomic E-state index is 13.2. The van der Waals surface area contributed by atoms with E-state index in [1.807, 2.05) is 54.2 Å². The van der Waals surface area contributed by atoms with E-state index in [1.165, 1.54) is 16.7 Å². The maximum Gasteiger partial charge on any atom is 0.243 e. The quantitative estimate of drug-likeness (QED) is 0.510. The molecule has 178 valence electrons. The SMILES string of the molecule is CN(C)c1cccc(-c2ccc(S(=O)(=O)N3CCN(c4ncc(C(=O)CO)cn4)CC3)cc2)c1. The van der Waals surface area contributed by atoms with Crippen molar-refractivity contribution in [3.8, 4) is 11.1 Å². The molecule has 1 aliphatic heterocycles. The highest BCUT2D eigenvalue weighted by Gasteiger charge is 2.29. The molecule has 2 aromatic carbocycles. The number of piperazine rings is 1. The number of carbonyl (C=O) groups is 1. The van der Waals surface area contributed by atoms with Crippen LogP contribution in [0.3, 0.4) is 0 Å². The van der Waals surface area contributed by atoms with Crippen LogP contribution in [0, 0.1) is 0 Å². The molecular weight excluding hydrogens is 454 g/mol. The van der Waals surface area contributed by atoms with Gasteiger partial charge in [0.25, 0.3) is 0 Å². The van der Waals surface area contributed by atoms with Crippen LogP contribution >= 0.6 is 0 Å². The van der Waals surface area contributed by atoms with E-state index >= 15 is 0 Å². The first kappa shape index (κ1) is 23.8. The van der Waals surface area contributed by atoms with Crippen molar-refractivity contribution in [3.05, 3.63) is 66.5 Å². The first-order valence-corrected chi connectivity index (χ1v) is 12.3. The summed E-state index contributed by atoms with van der Waals surface area (Å²) in [6.07, 6.45) is 2.75. The van der Waals surface area contributed by atoms with Crippen molar-refractivity contribution in [2.75, 3.05) is 56.7 Å².